The Kier molecular flexibility index (Phi) is 5.01. The lowest BCUT2D eigenvalue weighted by atomic mass is 10.1. The van der Waals surface area contributed by atoms with Crippen molar-refractivity contribution in [3.8, 4) is 0 Å². The summed E-state index contributed by atoms with van der Waals surface area (Å²) in [5.74, 6) is -1.04. The second kappa shape index (κ2) is 6.79. The second-order valence-electron chi connectivity index (χ2n) is 5.31. The van der Waals surface area contributed by atoms with Gasteiger partial charge in [-0.25, -0.2) is 4.39 Å². The van der Waals surface area contributed by atoms with E-state index in [-0.39, 0.29) is 11.8 Å². The second-order valence-corrected chi connectivity index (χ2v) is 5.71. The molecule has 0 aromatic heterocycles. The highest BCUT2D eigenvalue weighted by molar-refractivity contribution is 6.34. The first-order valence-electron chi connectivity index (χ1n) is 6.88. The Morgan fingerprint density at radius 3 is 2.39 bits per heavy atom. The van der Waals surface area contributed by atoms with Gasteiger partial charge in [0.1, 0.15) is 5.82 Å². The smallest absolute Gasteiger partial charge is 0.255 e. The molecule has 4 nitrogen and oxygen atoms in total. The zero-order chi connectivity index (χ0) is 17.1. The average Bonchev–Trinajstić information content (AvgIpc) is 2.48. The molecular weight excluding hydrogens is 319 g/mol. The summed E-state index contributed by atoms with van der Waals surface area (Å²) in [6.45, 7) is 1.65. The first-order chi connectivity index (χ1) is 10.8. The van der Waals surface area contributed by atoms with Crippen LogP contribution in [0.4, 0.5) is 10.1 Å². The van der Waals surface area contributed by atoms with Crippen LogP contribution < -0.4 is 5.32 Å². The zero-order valence-electron chi connectivity index (χ0n) is 13.0. The number of halogens is 2. The summed E-state index contributed by atoms with van der Waals surface area (Å²) in [5, 5.41) is 2.99. The fourth-order valence-corrected chi connectivity index (χ4v) is 2.29. The van der Waals surface area contributed by atoms with E-state index in [4.69, 9.17) is 11.6 Å². The van der Waals surface area contributed by atoms with Crippen molar-refractivity contribution in [3.63, 3.8) is 0 Å². The number of aryl methyl sites for hydroxylation is 1. The quantitative estimate of drug-likeness (QED) is 0.929. The van der Waals surface area contributed by atoms with Gasteiger partial charge in [-0.15, -0.1) is 0 Å². The van der Waals surface area contributed by atoms with E-state index >= 15 is 0 Å². The van der Waals surface area contributed by atoms with Crippen LogP contribution in [0.3, 0.4) is 0 Å². The summed E-state index contributed by atoms with van der Waals surface area (Å²) in [7, 11) is 3.23. The molecular formula is C17H16ClFN2O2. The molecule has 0 saturated carbocycles. The molecule has 0 spiro atoms. The van der Waals surface area contributed by atoms with Gasteiger partial charge in [-0.3, -0.25) is 9.59 Å². The Labute approximate surface area is 138 Å². The van der Waals surface area contributed by atoms with Crippen molar-refractivity contribution in [2.45, 2.75) is 6.92 Å². The number of amides is 2. The van der Waals surface area contributed by atoms with E-state index in [0.717, 1.165) is 0 Å². The Balaban J connectivity index is 2.28. The molecule has 0 fully saturated rings. The van der Waals surface area contributed by atoms with Crippen LogP contribution in [0, 0.1) is 12.7 Å². The molecule has 23 heavy (non-hydrogen) atoms. The third kappa shape index (κ3) is 3.87. The Hall–Kier alpha value is -2.40. The number of anilines is 1. The van der Waals surface area contributed by atoms with Gasteiger partial charge in [-0.2, -0.15) is 0 Å². The van der Waals surface area contributed by atoms with E-state index in [1.807, 2.05) is 0 Å². The molecule has 120 valence electrons. The summed E-state index contributed by atoms with van der Waals surface area (Å²) < 4.78 is 13.1. The Morgan fingerprint density at radius 1 is 1.09 bits per heavy atom. The number of benzene rings is 2. The standard InChI is InChI=1S/C17H16ClFN2O2/c1-10-8-11(19)4-6-13(10)16(22)20-12-5-7-15(18)14(9-12)17(23)21(2)3/h4-9H,1-3H3,(H,20,22). The fourth-order valence-electron chi connectivity index (χ4n) is 2.09. The number of nitrogens with zero attached hydrogens (tertiary/aromatic N) is 1. The van der Waals surface area contributed by atoms with Crippen LogP contribution in [0.2, 0.25) is 5.02 Å². The highest BCUT2D eigenvalue weighted by Gasteiger charge is 2.15. The van der Waals surface area contributed by atoms with Crippen molar-refractivity contribution in [2.24, 2.45) is 0 Å². The van der Waals surface area contributed by atoms with Crippen molar-refractivity contribution in [1.29, 1.82) is 0 Å². The van der Waals surface area contributed by atoms with Gasteiger partial charge >= 0.3 is 0 Å². The molecule has 2 aromatic rings. The number of hydrogen-bond donors (Lipinski definition) is 1. The molecule has 0 radical (unpaired) electrons. The van der Waals surface area contributed by atoms with E-state index in [9.17, 15) is 14.0 Å². The van der Waals surface area contributed by atoms with Gasteiger partial charge in [0.15, 0.2) is 0 Å². The van der Waals surface area contributed by atoms with Crippen molar-refractivity contribution in [1.82, 2.24) is 4.90 Å². The van der Waals surface area contributed by atoms with Crippen molar-refractivity contribution < 1.29 is 14.0 Å². The lowest BCUT2D eigenvalue weighted by Crippen LogP contribution is -2.22. The first-order valence-corrected chi connectivity index (χ1v) is 7.26. The molecule has 0 bridgehead atoms. The van der Waals surface area contributed by atoms with Crippen molar-refractivity contribution in [2.75, 3.05) is 19.4 Å². The van der Waals surface area contributed by atoms with Crippen molar-refractivity contribution >= 4 is 29.1 Å². The number of hydrogen-bond acceptors (Lipinski definition) is 2. The lowest BCUT2D eigenvalue weighted by molar-refractivity contribution is 0.0827. The van der Waals surface area contributed by atoms with Crippen LogP contribution in [0.1, 0.15) is 26.3 Å². The number of rotatable bonds is 3. The van der Waals surface area contributed by atoms with E-state index in [2.05, 4.69) is 5.32 Å². The Bertz CT molecular complexity index is 775. The summed E-state index contributed by atoms with van der Waals surface area (Å²) in [6.07, 6.45) is 0. The van der Waals surface area contributed by atoms with Gasteiger partial charge in [0.25, 0.3) is 11.8 Å². The minimum atomic E-state index is -0.399. The highest BCUT2D eigenvalue weighted by atomic mass is 35.5. The predicted molar refractivity (Wildman–Crippen MR) is 88.6 cm³/mol. The predicted octanol–water partition coefficient (Wildman–Crippen LogP) is 3.74. The van der Waals surface area contributed by atoms with Crippen LogP contribution in [-0.2, 0) is 0 Å². The molecule has 1 N–H and O–H groups in total. The third-order valence-electron chi connectivity index (χ3n) is 3.29. The van der Waals surface area contributed by atoms with Crippen LogP contribution in [0.25, 0.3) is 0 Å². The van der Waals surface area contributed by atoms with Gasteiger partial charge in [0, 0.05) is 25.3 Å². The SMILES string of the molecule is Cc1cc(F)ccc1C(=O)Nc1ccc(Cl)c(C(=O)N(C)C)c1. The number of carbonyl (C=O) groups excluding carboxylic acids is 2. The first kappa shape index (κ1) is 17.0. The molecule has 0 aliphatic rings. The van der Waals surface area contributed by atoms with E-state index < -0.39 is 5.82 Å². The molecule has 2 aromatic carbocycles. The van der Waals surface area contributed by atoms with Crippen molar-refractivity contribution in [3.05, 3.63) is 63.9 Å². The molecule has 2 rings (SSSR count). The van der Waals surface area contributed by atoms with Gasteiger partial charge in [0.2, 0.25) is 0 Å². The topological polar surface area (TPSA) is 49.4 Å². The molecule has 0 unspecified atom stereocenters. The summed E-state index contributed by atoms with van der Waals surface area (Å²) >= 11 is 6.03. The summed E-state index contributed by atoms with van der Waals surface area (Å²) in [4.78, 5) is 25.7. The molecule has 0 atom stereocenters. The van der Waals surface area contributed by atoms with E-state index in [1.54, 1.807) is 33.2 Å². The number of carbonyl (C=O) groups is 2. The fraction of sp³-hybridized carbons (Fsp3) is 0.176. The van der Waals surface area contributed by atoms with Crippen LogP contribution in [0.5, 0.6) is 0 Å². The average molecular weight is 335 g/mol. The van der Waals surface area contributed by atoms with E-state index in [1.165, 1.54) is 29.2 Å². The largest absolute Gasteiger partial charge is 0.345 e. The van der Waals surface area contributed by atoms with Gasteiger partial charge in [-0.1, -0.05) is 11.6 Å². The zero-order valence-corrected chi connectivity index (χ0v) is 13.7. The monoisotopic (exact) mass is 334 g/mol. The van der Waals surface area contributed by atoms with Crippen LogP contribution in [-0.4, -0.2) is 30.8 Å². The van der Waals surface area contributed by atoms with Gasteiger partial charge in [0.05, 0.1) is 10.6 Å². The maximum Gasteiger partial charge on any atom is 0.255 e. The maximum atomic E-state index is 13.1. The molecule has 0 saturated heterocycles. The van der Waals surface area contributed by atoms with Crippen LogP contribution >= 0.6 is 11.6 Å². The summed E-state index contributed by atoms with van der Waals surface area (Å²) in [5.41, 5.74) is 1.63. The normalized spacial score (nSPS) is 10.3. The molecule has 0 heterocycles. The van der Waals surface area contributed by atoms with Gasteiger partial charge < -0.3 is 10.2 Å². The minimum absolute atomic E-state index is 0.260. The number of nitrogens with one attached hydrogen (secondary N) is 1. The highest BCUT2D eigenvalue weighted by Crippen LogP contribution is 2.22. The molecule has 0 aliphatic heterocycles. The molecule has 6 heteroatoms. The summed E-state index contributed by atoms with van der Waals surface area (Å²) in [6, 6.07) is 8.60. The Morgan fingerprint density at radius 2 is 1.78 bits per heavy atom. The maximum absolute atomic E-state index is 13.1. The molecule has 0 aliphatic carbocycles. The van der Waals surface area contributed by atoms with Gasteiger partial charge in [-0.05, 0) is 48.9 Å². The molecule has 2 amide bonds. The lowest BCUT2D eigenvalue weighted by Gasteiger charge is -2.13. The third-order valence-corrected chi connectivity index (χ3v) is 3.62. The van der Waals surface area contributed by atoms with E-state index in [0.29, 0.717) is 27.4 Å². The van der Waals surface area contributed by atoms with Crippen LogP contribution in [0.15, 0.2) is 36.4 Å². The minimum Gasteiger partial charge on any atom is -0.345 e.